The number of rotatable bonds is 2. The van der Waals surface area contributed by atoms with Crippen LogP contribution < -0.4 is 5.73 Å². The maximum atomic E-state index is 14.3. The van der Waals surface area contributed by atoms with Gasteiger partial charge in [0.1, 0.15) is 5.67 Å². The highest BCUT2D eigenvalue weighted by atomic mass is 79.9. The van der Waals surface area contributed by atoms with Crippen molar-refractivity contribution in [2.75, 3.05) is 0 Å². The summed E-state index contributed by atoms with van der Waals surface area (Å²) in [6, 6.07) is 7.88. The molecule has 0 aromatic heterocycles. The van der Waals surface area contributed by atoms with Crippen LogP contribution in [0.4, 0.5) is 4.39 Å². The summed E-state index contributed by atoms with van der Waals surface area (Å²) in [6.45, 7) is 0. The summed E-state index contributed by atoms with van der Waals surface area (Å²) in [5, 5.41) is 0. The fourth-order valence-electron chi connectivity index (χ4n) is 2.29. The van der Waals surface area contributed by atoms with E-state index >= 15 is 0 Å². The first-order chi connectivity index (χ1) is 7.07. The highest BCUT2D eigenvalue weighted by molar-refractivity contribution is 9.10. The maximum Gasteiger partial charge on any atom is 0.116 e. The molecule has 2 unspecified atom stereocenters. The van der Waals surface area contributed by atoms with Crippen LogP contribution >= 0.6 is 15.9 Å². The Balaban J connectivity index is 2.08. The molecule has 15 heavy (non-hydrogen) atoms. The zero-order valence-electron chi connectivity index (χ0n) is 8.55. The molecule has 1 nitrogen and oxygen atoms in total. The van der Waals surface area contributed by atoms with E-state index in [1.165, 1.54) is 0 Å². The second kappa shape index (κ2) is 4.22. The minimum Gasteiger partial charge on any atom is -0.328 e. The summed E-state index contributed by atoms with van der Waals surface area (Å²) in [6.07, 6.45) is 2.39. The van der Waals surface area contributed by atoms with E-state index in [2.05, 4.69) is 15.9 Å². The molecule has 1 aliphatic rings. The van der Waals surface area contributed by atoms with Crippen LogP contribution in [-0.2, 0) is 6.42 Å². The van der Waals surface area contributed by atoms with Gasteiger partial charge in [-0.2, -0.15) is 0 Å². The molecular formula is C12H15BrFN. The standard InChI is InChI=1S/C12H15BrFN/c13-10-3-1-2-9(6-10)7-12(14)5-4-11(15)8-12/h1-3,6,11H,4-5,7-8,15H2. The largest absolute Gasteiger partial charge is 0.328 e. The van der Waals surface area contributed by atoms with Gasteiger partial charge in [0, 0.05) is 16.9 Å². The van der Waals surface area contributed by atoms with E-state index in [9.17, 15) is 4.39 Å². The van der Waals surface area contributed by atoms with Crippen molar-refractivity contribution in [3.63, 3.8) is 0 Å². The lowest BCUT2D eigenvalue weighted by molar-refractivity contribution is 0.170. The van der Waals surface area contributed by atoms with Crippen LogP contribution in [-0.4, -0.2) is 11.7 Å². The van der Waals surface area contributed by atoms with Crippen molar-refractivity contribution in [1.29, 1.82) is 0 Å². The van der Waals surface area contributed by atoms with Gasteiger partial charge in [0.15, 0.2) is 0 Å². The Morgan fingerprint density at radius 3 is 2.93 bits per heavy atom. The Morgan fingerprint density at radius 1 is 1.53 bits per heavy atom. The third-order valence-electron chi connectivity index (χ3n) is 3.00. The van der Waals surface area contributed by atoms with Crippen LogP contribution in [0.15, 0.2) is 28.7 Å². The topological polar surface area (TPSA) is 26.0 Å². The first-order valence-corrected chi connectivity index (χ1v) is 6.06. The average molecular weight is 272 g/mol. The SMILES string of the molecule is NC1CCC(F)(Cc2cccc(Br)c2)C1. The summed E-state index contributed by atoms with van der Waals surface area (Å²) in [4.78, 5) is 0. The third-order valence-corrected chi connectivity index (χ3v) is 3.49. The first-order valence-electron chi connectivity index (χ1n) is 5.26. The van der Waals surface area contributed by atoms with Crippen molar-refractivity contribution in [1.82, 2.24) is 0 Å². The molecule has 3 heteroatoms. The Hall–Kier alpha value is -0.410. The van der Waals surface area contributed by atoms with Gasteiger partial charge in [0.2, 0.25) is 0 Å². The van der Waals surface area contributed by atoms with E-state index in [0.29, 0.717) is 19.3 Å². The molecule has 2 rings (SSSR count). The normalized spacial score (nSPS) is 30.7. The predicted molar refractivity (Wildman–Crippen MR) is 63.5 cm³/mol. The van der Waals surface area contributed by atoms with E-state index in [4.69, 9.17) is 5.73 Å². The lowest BCUT2D eigenvalue weighted by atomic mass is 9.95. The average Bonchev–Trinajstić information content (AvgIpc) is 2.45. The van der Waals surface area contributed by atoms with Crippen LogP contribution in [0.25, 0.3) is 0 Å². The molecule has 1 aromatic carbocycles. The van der Waals surface area contributed by atoms with E-state index in [1.54, 1.807) is 0 Å². The van der Waals surface area contributed by atoms with Crippen molar-refractivity contribution >= 4 is 15.9 Å². The third kappa shape index (κ3) is 2.79. The molecule has 0 bridgehead atoms. The summed E-state index contributed by atoms with van der Waals surface area (Å²) in [7, 11) is 0. The number of hydrogen-bond acceptors (Lipinski definition) is 1. The van der Waals surface area contributed by atoms with Gasteiger partial charge in [0.25, 0.3) is 0 Å². The van der Waals surface area contributed by atoms with Crippen LogP contribution in [0, 0.1) is 0 Å². The van der Waals surface area contributed by atoms with Crippen molar-refractivity contribution in [2.24, 2.45) is 5.73 Å². The monoisotopic (exact) mass is 271 g/mol. The van der Waals surface area contributed by atoms with E-state index < -0.39 is 5.67 Å². The minimum absolute atomic E-state index is 0.0437. The maximum absolute atomic E-state index is 14.3. The molecule has 0 spiro atoms. The van der Waals surface area contributed by atoms with Gasteiger partial charge in [-0.3, -0.25) is 0 Å². The Bertz CT molecular complexity index is 355. The van der Waals surface area contributed by atoms with Crippen LogP contribution in [0.1, 0.15) is 24.8 Å². The van der Waals surface area contributed by atoms with Gasteiger partial charge >= 0.3 is 0 Å². The van der Waals surface area contributed by atoms with Gasteiger partial charge < -0.3 is 5.73 Å². The highest BCUT2D eigenvalue weighted by Gasteiger charge is 2.37. The molecular weight excluding hydrogens is 257 g/mol. The molecule has 2 N–H and O–H groups in total. The second-order valence-corrected chi connectivity index (χ2v) is 5.38. The van der Waals surface area contributed by atoms with E-state index in [1.807, 2.05) is 24.3 Å². The van der Waals surface area contributed by atoms with Gasteiger partial charge in [-0.1, -0.05) is 28.1 Å². The molecule has 2 atom stereocenters. The number of hydrogen-bond donors (Lipinski definition) is 1. The molecule has 1 saturated carbocycles. The molecule has 82 valence electrons. The molecule has 0 saturated heterocycles. The van der Waals surface area contributed by atoms with Crippen LogP contribution in [0.3, 0.4) is 0 Å². The quantitative estimate of drug-likeness (QED) is 0.879. The zero-order valence-corrected chi connectivity index (χ0v) is 10.1. The molecule has 0 amide bonds. The fraction of sp³-hybridized carbons (Fsp3) is 0.500. The van der Waals surface area contributed by atoms with E-state index in [-0.39, 0.29) is 6.04 Å². The Labute approximate surface area is 98.0 Å². The van der Waals surface area contributed by atoms with Gasteiger partial charge in [-0.25, -0.2) is 4.39 Å². The zero-order chi connectivity index (χ0) is 10.9. The molecule has 1 aromatic rings. The molecule has 0 aliphatic heterocycles. The van der Waals surface area contributed by atoms with Crippen molar-refractivity contribution in [3.8, 4) is 0 Å². The van der Waals surface area contributed by atoms with Crippen molar-refractivity contribution in [2.45, 2.75) is 37.4 Å². The molecule has 1 fully saturated rings. The smallest absolute Gasteiger partial charge is 0.116 e. The summed E-state index contributed by atoms with van der Waals surface area (Å²) in [5.41, 5.74) is 5.70. The van der Waals surface area contributed by atoms with Crippen LogP contribution in [0.2, 0.25) is 0 Å². The van der Waals surface area contributed by atoms with Gasteiger partial charge in [-0.05, 0) is 37.0 Å². The number of benzene rings is 1. The summed E-state index contributed by atoms with van der Waals surface area (Å²) < 4.78 is 15.3. The molecule has 0 heterocycles. The van der Waals surface area contributed by atoms with Crippen LogP contribution in [0.5, 0.6) is 0 Å². The first kappa shape index (κ1) is 11.1. The predicted octanol–water partition coefficient (Wildman–Crippen LogP) is 3.21. The second-order valence-electron chi connectivity index (χ2n) is 4.46. The van der Waals surface area contributed by atoms with Crippen molar-refractivity contribution in [3.05, 3.63) is 34.3 Å². The number of nitrogens with two attached hydrogens (primary N) is 1. The van der Waals surface area contributed by atoms with Gasteiger partial charge in [-0.15, -0.1) is 0 Å². The summed E-state index contributed by atoms with van der Waals surface area (Å²) in [5.74, 6) is 0. The lowest BCUT2D eigenvalue weighted by Gasteiger charge is -2.19. The Morgan fingerprint density at radius 2 is 2.33 bits per heavy atom. The molecule has 0 radical (unpaired) electrons. The van der Waals surface area contributed by atoms with Gasteiger partial charge in [0.05, 0.1) is 0 Å². The molecule has 1 aliphatic carbocycles. The minimum atomic E-state index is -1.08. The highest BCUT2D eigenvalue weighted by Crippen LogP contribution is 2.36. The summed E-state index contributed by atoms with van der Waals surface area (Å²) >= 11 is 3.39. The van der Waals surface area contributed by atoms with Crippen molar-refractivity contribution < 1.29 is 4.39 Å². The number of halogens is 2. The number of alkyl halides is 1. The van der Waals surface area contributed by atoms with E-state index in [0.717, 1.165) is 16.5 Å². The fourth-order valence-corrected chi connectivity index (χ4v) is 2.74. The lowest BCUT2D eigenvalue weighted by Crippen LogP contribution is -2.25. The Kier molecular flexibility index (Phi) is 3.12.